The summed E-state index contributed by atoms with van der Waals surface area (Å²) in [6, 6.07) is 14.3. The predicted octanol–water partition coefficient (Wildman–Crippen LogP) is 3.34. The smallest absolute Gasteiger partial charge is 0.188 e. The van der Waals surface area contributed by atoms with Gasteiger partial charge >= 0.3 is 0 Å². The molecule has 2 aromatic heterocycles. The maximum absolute atomic E-state index is 4.37. The fraction of sp³-hybridized carbons (Fsp3) is 0.0769. The van der Waals surface area contributed by atoms with Gasteiger partial charge in [0.25, 0.3) is 0 Å². The summed E-state index contributed by atoms with van der Waals surface area (Å²) in [5, 5.41) is 10.9. The Bertz CT molecular complexity index is 630. The van der Waals surface area contributed by atoms with Crippen molar-refractivity contribution in [2.75, 3.05) is 0 Å². The summed E-state index contributed by atoms with van der Waals surface area (Å²) in [5.41, 5.74) is 1.21. The topological polar surface area (TPSA) is 30.7 Å². The van der Waals surface area contributed by atoms with Crippen LogP contribution in [0.4, 0.5) is 0 Å². The quantitative estimate of drug-likeness (QED) is 0.742. The van der Waals surface area contributed by atoms with Crippen molar-refractivity contribution in [3.63, 3.8) is 0 Å². The first-order valence-corrected chi connectivity index (χ1v) is 6.87. The van der Waals surface area contributed by atoms with Crippen molar-refractivity contribution < 1.29 is 0 Å². The second kappa shape index (κ2) is 4.96. The first-order chi connectivity index (χ1) is 8.84. The molecule has 0 fully saturated rings. The standard InChI is InChI=1S/C13H11N3S2/c17-13-15-14-12(11-7-4-8-18-11)16(13)9-10-5-2-1-3-6-10/h1-8H,9H2,(H,15,17). The maximum Gasteiger partial charge on any atom is 0.188 e. The maximum atomic E-state index is 4.37. The van der Waals surface area contributed by atoms with E-state index < -0.39 is 0 Å². The van der Waals surface area contributed by atoms with Gasteiger partial charge in [0.05, 0.1) is 11.4 Å². The number of thiophene rings is 1. The Morgan fingerprint density at radius 2 is 1.89 bits per heavy atom. The fourth-order valence-electron chi connectivity index (χ4n) is 1.79. The van der Waals surface area contributed by atoms with Crippen LogP contribution in [0, 0.1) is 0 Å². The lowest BCUT2D eigenvalue weighted by atomic mass is 10.2. The zero-order valence-electron chi connectivity index (χ0n) is 9.52. The van der Waals surface area contributed by atoms with E-state index in [2.05, 4.69) is 35.0 Å². The molecule has 0 amide bonds. The molecule has 0 unspecified atom stereocenters. The predicted molar refractivity (Wildman–Crippen MR) is 76.1 cm³/mol. The molecule has 0 aliphatic carbocycles. The van der Waals surface area contributed by atoms with Gasteiger partial charge in [-0.15, -0.1) is 34.2 Å². The van der Waals surface area contributed by atoms with E-state index in [0.29, 0.717) is 5.16 Å². The average molecular weight is 273 g/mol. The van der Waals surface area contributed by atoms with Gasteiger partial charge < -0.3 is 0 Å². The third-order valence-corrected chi connectivity index (χ3v) is 3.85. The molecule has 5 heteroatoms. The molecule has 90 valence electrons. The molecule has 0 radical (unpaired) electrons. The van der Waals surface area contributed by atoms with Crippen molar-refractivity contribution in [2.24, 2.45) is 0 Å². The van der Waals surface area contributed by atoms with Gasteiger partial charge in [-0.3, -0.25) is 4.57 Å². The molecule has 1 aromatic carbocycles. The first kappa shape index (κ1) is 11.5. The van der Waals surface area contributed by atoms with E-state index >= 15 is 0 Å². The lowest BCUT2D eigenvalue weighted by Crippen LogP contribution is -2.02. The van der Waals surface area contributed by atoms with Crippen LogP contribution in [0.15, 0.2) is 53.0 Å². The number of rotatable bonds is 3. The van der Waals surface area contributed by atoms with E-state index in [-0.39, 0.29) is 0 Å². The van der Waals surface area contributed by atoms with E-state index in [4.69, 9.17) is 0 Å². The summed E-state index contributed by atoms with van der Waals surface area (Å²) < 4.78 is 2.02. The van der Waals surface area contributed by atoms with Crippen LogP contribution >= 0.6 is 24.0 Å². The van der Waals surface area contributed by atoms with Crippen LogP contribution in [-0.2, 0) is 6.54 Å². The highest BCUT2D eigenvalue weighted by Gasteiger charge is 2.12. The second-order valence-corrected chi connectivity index (χ2v) is 5.22. The van der Waals surface area contributed by atoms with Crippen LogP contribution in [0.3, 0.4) is 0 Å². The molecule has 3 nitrogen and oxygen atoms in total. The van der Waals surface area contributed by atoms with Gasteiger partial charge in [0.15, 0.2) is 11.0 Å². The number of nitrogens with zero attached hydrogens (tertiary/aromatic N) is 3. The molecule has 18 heavy (non-hydrogen) atoms. The van der Waals surface area contributed by atoms with Gasteiger partial charge in [0, 0.05) is 0 Å². The van der Waals surface area contributed by atoms with Crippen LogP contribution in [0.2, 0.25) is 0 Å². The normalized spacial score (nSPS) is 10.7. The molecular formula is C13H11N3S2. The second-order valence-electron chi connectivity index (χ2n) is 3.87. The van der Waals surface area contributed by atoms with Gasteiger partial charge in [0.1, 0.15) is 0 Å². The van der Waals surface area contributed by atoms with Gasteiger partial charge in [-0.2, -0.15) is 0 Å². The molecule has 2 heterocycles. The Balaban J connectivity index is 1.99. The van der Waals surface area contributed by atoms with E-state index in [1.807, 2.05) is 40.3 Å². The Kier molecular flexibility index (Phi) is 3.17. The summed E-state index contributed by atoms with van der Waals surface area (Å²) in [7, 11) is 0. The van der Waals surface area contributed by atoms with E-state index in [0.717, 1.165) is 17.2 Å². The number of hydrogen-bond acceptors (Lipinski definition) is 4. The van der Waals surface area contributed by atoms with Gasteiger partial charge in [-0.05, 0) is 17.0 Å². The number of aromatic nitrogens is 3. The molecule has 0 atom stereocenters. The minimum atomic E-state index is 0.641. The van der Waals surface area contributed by atoms with Gasteiger partial charge in [0.2, 0.25) is 0 Å². The fourth-order valence-corrected chi connectivity index (χ4v) is 2.72. The largest absolute Gasteiger partial charge is 0.297 e. The Labute approximate surface area is 115 Å². The highest BCUT2D eigenvalue weighted by atomic mass is 32.1. The van der Waals surface area contributed by atoms with Gasteiger partial charge in [-0.1, -0.05) is 36.4 Å². The van der Waals surface area contributed by atoms with Crippen molar-refractivity contribution in [3.8, 4) is 10.7 Å². The Morgan fingerprint density at radius 3 is 2.61 bits per heavy atom. The first-order valence-electron chi connectivity index (χ1n) is 5.54. The summed E-state index contributed by atoms with van der Waals surface area (Å²) in [5.74, 6) is 0.874. The van der Waals surface area contributed by atoms with Crippen LogP contribution in [0.5, 0.6) is 0 Å². The van der Waals surface area contributed by atoms with E-state index in [1.165, 1.54) is 5.56 Å². The third-order valence-electron chi connectivity index (χ3n) is 2.66. The summed E-state index contributed by atoms with van der Waals surface area (Å²) in [6.45, 7) is 0.736. The van der Waals surface area contributed by atoms with Crippen molar-refractivity contribution in [1.82, 2.24) is 14.8 Å². The van der Waals surface area contributed by atoms with Crippen molar-refractivity contribution in [3.05, 3.63) is 53.4 Å². The molecule has 0 aliphatic rings. The Hall–Kier alpha value is -1.59. The lowest BCUT2D eigenvalue weighted by Gasteiger charge is -2.06. The van der Waals surface area contributed by atoms with Crippen molar-refractivity contribution in [1.29, 1.82) is 0 Å². The molecule has 0 saturated carbocycles. The summed E-state index contributed by atoms with van der Waals surface area (Å²) in [6.07, 6.45) is 0. The van der Waals surface area contributed by atoms with Gasteiger partial charge in [-0.25, -0.2) is 0 Å². The third kappa shape index (κ3) is 2.19. The monoisotopic (exact) mass is 273 g/mol. The number of thiol groups is 1. The molecule has 0 spiro atoms. The molecule has 3 rings (SSSR count). The van der Waals surface area contributed by atoms with Crippen molar-refractivity contribution in [2.45, 2.75) is 11.7 Å². The molecule has 0 N–H and O–H groups in total. The summed E-state index contributed by atoms with van der Waals surface area (Å²) in [4.78, 5) is 1.11. The molecule has 3 aromatic rings. The van der Waals surface area contributed by atoms with E-state index in [9.17, 15) is 0 Å². The van der Waals surface area contributed by atoms with E-state index in [1.54, 1.807) is 11.3 Å². The zero-order chi connectivity index (χ0) is 12.4. The van der Waals surface area contributed by atoms with Crippen molar-refractivity contribution >= 4 is 24.0 Å². The highest BCUT2D eigenvalue weighted by Crippen LogP contribution is 2.25. The molecule has 0 bridgehead atoms. The molecule has 0 saturated heterocycles. The number of hydrogen-bond donors (Lipinski definition) is 1. The van der Waals surface area contributed by atoms with Crippen LogP contribution in [0.1, 0.15) is 5.56 Å². The summed E-state index contributed by atoms with van der Waals surface area (Å²) >= 11 is 6.03. The minimum Gasteiger partial charge on any atom is -0.297 e. The number of benzene rings is 1. The molecular weight excluding hydrogens is 262 g/mol. The van der Waals surface area contributed by atoms with Crippen LogP contribution in [0.25, 0.3) is 10.7 Å². The minimum absolute atomic E-state index is 0.641. The highest BCUT2D eigenvalue weighted by molar-refractivity contribution is 7.80. The lowest BCUT2D eigenvalue weighted by molar-refractivity contribution is 0.718. The average Bonchev–Trinajstić information content (AvgIpc) is 3.02. The molecule has 0 aliphatic heterocycles. The van der Waals surface area contributed by atoms with Crippen LogP contribution in [-0.4, -0.2) is 14.8 Å². The Morgan fingerprint density at radius 1 is 1.06 bits per heavy atom. The SMILES string of the molecule is Sc1nnc(-c2cccs2)n1Cc1ccccc1. The van der Waals surface area contributed by atoms with Crippen LogP contribution < -0.4 is 0 Å². The zero-order valence-corrected chi connectivity index (χ0v) is 11.2.